The number of fused-ring (bicyclic) bond motifs is 1. The van der Waals surface area contributed by atoms with Crippen LogP contribution in [-0.4, -0.2) is 26.2 Å². The predicted molar refractivity (Wildman–Crippen MR) is 99.4 cm³/mol. The van der Waals surface area contributed by atoms with Crippen LogP contribution in [0.5, 0.6) is 0 Å². The highest BCUT2D eigenvalue weighted by Crippen LogP contribution is 2.31. The van der Waals surface area contributed by atoms with E-state index in [0.717, 1.165) is 22.2 Å². The van der Waals surface area contributed by atoms with E-state index < -0.39 is 0 Å². The van der Waals surface area contributed by atoms with Gasteiger partial charge in [0.2, 0.25) is 0 Å². The Bertz CT molecular complexity index is 1090. The quantitative estimate of drug-likeness (QED) is 0.403. The maximum atomic E-state index is 13.0. The lowest BCUT2D eigenvalue weighted by Crippen LogP contribution is -2.14. The smallest absolute Gasteiger partial charge is 0.277 e. The second-order valence-corrected chi connectivity index (χ2v) is 7.35. The van der Waals surface area contributed by atoms with Gasteiger partial charge in [0, 0.05) is 22.2 Å². The average Bonchev–Trinajstić information content (AvgIpc) is 3.32. The van der Waals surface area contributed by atoms with Crippen molar-refractivity contribution in [3.8, 4) is 11.5 Å². The van der Waals surface area contributed by atoms with Gasteiger partial charge in [-0.1, -0.05) is 30.0 Å². The summed E-state index contributed by atoms with van der Waals surface area (Å²) in [6, 6.07) is 9.58. The average molecular weight is 367 g/mol. The summed E-state index contributed by atoms with van der Waals surface area (Å²) < 4.78 is 10.9. The number of thioether (sulfide) groups is 1. The maximum Gasteiger partial charge on any atom is 0.277 e. The van der Waals surface area contributed by atoms with Crippen molar-refractivity contribution >= 4 is 28.4 Å². The van der Waals surface area contributed by atoms with Gasteiger partial charge in [-0.25, -0.2) is 0 Å². The molecule has 132 valence electrons. The zero-order chi connectivity index (χ0) is 18.3. The molecular weight excluding hydrogens is 350 g/mol. The topological polar surface area (TPSA) is 84.9 Å². The SMILES string of the molecule is Cc1[nH]c2ccccc2c1C(=O)C(C)Sc1nnc(-c2ccoc2C)o1. The second-order valence-electron chi connectivity index (χ2n) is 6.06. The highest BCUT2D eigenvalue weighted by molar-refractivity contribution is 8.00. The summed E-state index contributed by atoms with van der Waals surface area (Å²) in [5, 5.41) is 9.03. The fourth-order valence-corrected chi connectivity index (χ4v) is 3.72. The summed E-state index contributed by atoms with van der Waals surface area (Å²) in [4.78, 5) is 16.3. The molecule has 0 amide bonds. The number of Topliss-reactive ketones (excluding diaryl/α,β-unsaturated/α-hetero) is 1. The Labute approximate surface area is 154 Å². The molecule has 0 radical (unpaired) electrons. The second kappa shape index (κ2) is 6.49. The van der Waals surface area contributed by atoms with Crippen LogP contribution < -0.4 is 0 Å². The van der Waals surface area contributed by atoms with Crippen LogP contribution in [0, 0.1) is 13.8 Å². The van der Waals surface area contributed by atoms with Crippen LogP contribution >= 0.6 is 11.8 Å². The fraction of sp³-hybridized carbons (Fsp3) is 0.211. The van der Waals surface area contributed by atoms with Gasteiger partial charge in [0.25, 0.3) is 11.1 Å². The third-order valence-corrected chi connectivity index (χ3v) is 5.22. The van der Waals surface area contributed by atoms with Gasteiger partial charge >= 0.3 is 0 Å². The van der Waals surface area contributed by atoms with Crippen molar-refractivity contribution in [1.29, 1.82) is 0 Å². The number of hydrogen-bond acceptors (Lipinski definition) is 6. The van der Waals surface area contributed by atoms with Crippen molar-refractivity contribution < 1.29 is 13.6 Å². The van der Waals surface area contributed by atoms with Gasteiger partial charge in [-0.2, -0.15) is 0 Å². The van der Waals surface area contributed by atoms with Gasteiger partial charge in [-0.3, -0.25) is 4.79 Å². The van der Waals surface area contributed by atoms with Crippen LogP contribution in [-0.2, 0) is 0 Å². The molecule has 0 bridgehead atoms. The molecule has 0 saturated carbocycles. The van der Waals surface area contributed by atoms with Crippen molar-refractivity contribution in [2.75, 3.05) is 0 Å². The minimum absolute atomic E-state index is 0.0317. The van der Waals surface area contributed by atoms with Crippen LogP contribution in [0.4, 0.5) is 0 Å². The first kappa shape index (κ1) is 16.7. The number of carbonyl (C=O) groups excluding carboxylic acids is 1. The minimum atomic E-state index is -0.355. The summed E-state index contributed by atoms with van der Waals surface area (Å²) in [6.07, 6.45) is 1.58. The van der Waals surface area contributed by atoms with Gasteiger partial charge in [0.1, 0.15) is 5.76 Å². The van der Waals surface area contributed by atoms with Gasteiger partial charge in [-0.15, -0.1) is 10.2 Å². The molecule has 0 spiro atoms. The minimum Gasteiger partial charge on any atom is -0.469 e. The van der Waals surface area contributed by atoms with Crippen LogP contribution in [0.25, 0.3) is 22.4 Å². The molecule has 3 heterocycles. The third kappa shape index (κ3) is 2.84. The molecular formula is C19H17N3O3S. The number of aryl methyl sites for hydroxylation is 2. The predicted octanol–water partition coefficient (Wildman–Crippen LogP) is 4.79. The van der Waals surface area contributed by atoms with E-state index in [9.17, 15) is 4.79 Å². The van der Waals surface area contributed by atoms with Crippen molar-refractivity contribution in [2.45, 2.75) is 31.2 Å². The van der Waals surface area contributed by atoms with E-state index in [-0.39, 0.29) is 11.0 Å². The molecule has 3 aromatic heterocycles. The first-order valence-electron chi connectivity index (χ1n) is 8.20. The lowest BCUT2D eigenvalue weighted by molar-refractivity contribution is 0.0994. The van der Waals surface area contributed by atoms with E-state index in [4.69, 9.17) is 8.83 Å². The molecule has 1 N–H and O–H groups in total. The number of rotatable bonds is 5. The van der Waals surface area contributed by atoms with Crippen molar-refractivity contribution in [1.82, 2.24) is 15.2 Å². The summed E-state index contributed by atoms with van der Waals surface area (Å²) in [7, 11) is 0. The number of nitrogens with zero attached hydrogens (tertiary/aromatic N) is 2. The first-order valence-corrected chi connectivity index (χ1v) is 9.08. The molecule has 1 unspecified atom stereocenters. The van der Waals surface area contributed by atoms with Crippen LogP contribution in [0.1, 0.15) is 28.7 Å². The summed E-state index contributed by atoms with van der Waals surface area (Å²) >= 11 is 1.26. The van der Waals surface area contributed by atoms with Crippen molar-refractivity contribution in [2.24, 2.45) is 0 Å². The standard InChI is InChI=1S/C19H17N3O3S/c1-10-16(14-6-4-5-7-15(14)20-10)17(23)12(3)26-19-22-21-18(25-19)13-8-9-24-11(13)2/h4-9,12,20H,1-3H3. The van der Waals surface area contributed by atoms with E-state index in [2.05, 4.69) is 15.2 Å². The molecule has 4 rings (SSSR count). The highest BCUT2D eigenvalue weighted by Gasteiger charge is 2.24. The number of ketones is 1. The van der Waals surface area contributed by atoms with E-state index in [1.54, 1.807) is 12.3 Å². The molecule has 1 aromatic carbocycles. The summed E-state index contributed by atoms with van der Waals surface area (Å²) in [5.41, 5.74) is 3.30. The lowest BCUT2D eigenvalue weighted by atomic mass is 10.1. The molecule has 26 heavy (non-hydrogen) atoms. The summed E-state index contributed by atoms with van der Waals surface area (Å²) in [6.45, 7) is 5.59. The van der Waals surface area contributed by atoms with Gasteiger partial charge in [0.05, 0.1) is 17.1 Å². The van der Waals surface area contributed by atoms with Gasteiger partial charge in [-0.05, 0) is 32.9 Å². The van der Waals surface area contributed by atoms with Crippen molar-refractivity contribution in [3.63, 3.8) is 0 Å². The molecule has 4 aromatic rings. The van der Waals surface area contributed by atoms with E-state index >= 15 is 0 Å². The number of aromatic amines is 1. The molecule has 0 aliphatic heterocycles. The molecule has 6 nitrogen and oxygen atoms in total. The lowest BCUT2D eigenvalue weighted by Gasteiger charge is -2.07. The monoisotopic (exact) mass is 367 g/mol. The number of para-hydroxylation sites is 1. The Kier molecular flexibility index (Phi) is 4.16. The number of aromatic nitrogens is 3. The summed E-state index contributed by atoms with van der Waals surface area (Å²) in [5.74, 6) is 1.13. The fourth-order valence-electron chi connectivity index (χ4n) is 2.98. The van der Waals surface area contributed by atoms with E-state index in [1.165, 1.54) is 11.8 Å². The number of benzene rings is 1. The van der Waals surface area contributed by atoms with Gasteiger partial charge in [0.15, 0.2) is 5.78 Å². The van der Waals surface area contributed by atoms with Crippen LogP contribution in [0.2, 0.25) is 0 Å². The van der Waals surface area contributed by atoms with Crippen LogP contribution in [0.15, 0.2) is 50.7 Å². The highest BCUT2D eigenvalue weighted by atomic mass is 32.2. The van der Waals surface area contributed by atoms with E-state index in [1.807, 2.05) is 45.0 Å². The zero-order valence-electron chi connectivity index (χ0n) is 14.6. The van der Waals surface area contributed by atoms with Crippen molar-refractivity contribution in [3.05, 3.63) is 53.6 Å². The molecule has 0 fully saturated rings. The number of H-pyrrole nitrogens is 1. The first-order chi connectivity index (χ1) is 12.5. The Balaban J connectivity index is 1.57. The molecule has 1 atom stereocenters. The Hall–Kier alpha value is -2.80. The van der Waals surface area contributed by atoms with E-state index in [0.29, 0.717) is 22.4 Å². The Morgan fingerprint density at radius 2 is 2.00 bits per heavy atom. The van der Waals surface area contributed by atoms with Gasteiger partial charge < -0.3 is 13.8 Å². The number of carbonyl (C=O) groups is 1. The number of furan rings is 1. The molecule has 0 aliphatic rings. The molecule has 0 saturated heterocycles. The van der Waals surface area contributed by atoms with Crippen LogP contribution in [0.3, 0.4) is 0 Å². The Morgan fingerprint density at radius 3 is 2.77 bits per heavy atom. The third-order valence-electron chi connectivity index (χ3n) is 4.28. The molecule has 0 aliphatic carbocycles. The normalized spacial score (nSPS) is 12.6. The Morgan fingerprint density at radius 1 is 1.19 bits per heavy atom. The maximum absolute atomic E-state index is 13.0. The number of hydrogen-bond donors (Lipinski definition) is 1. The largest absolute Gasteiger partial charge is 0.469 e. The molecule has 7 heteroatoms. The zero-order valence-corrected chi connectivity index (χ0v) is 15.4. The number of nitrogens with one attached hydrogen (secondary N) is 1.